The fourth-order valence-corrected chi connectivity index (χ4v) is 3.67. The number of aromatic nitrogens is 1. The third-order valence-corrected chi connectivity index (χ3v) is 5.15. The van der Waals surface area contributed by atoms with Crippen molar-refractivity contribution in [3.05, 3.63) is 51.5 Å². The van der Waals surface area contributed by atoms with Crippen molar-refractivity contribution in [3.8, 4) is 0 Å². The molecule has 1 aliphatic rings. The zero-order chi connectivity index (χ0) is 13.9. The third-order valence-electron chi connectivity index (χ3n) is 4.16. The van der Waals surface area contributed by atoms with Gasteiger partial charge < -0.3 is 0 Å². The predicted octanol–water partition coefficient (Wildman–Crippen LogP) is 3.47. The number of hydrazine groups is 1. The lowest BCUT2D eigenvalue weighted by Gasteiger charge is -2.30. The fourth-order valence-electron chi connectivity index (χ4n) is 2.85. The summed E-state index contributed by atoms with van der Waals surface area (Å²) in [6.45, 7) is 2.03. The predicted molar refractivity (Wildman–Crippen MR) is 83.7 cm³/mol. The first kappa shape index (κ1) is 13.7. The molecule has 3 N–H and O–H groups in total. The highest BCUT2D eigenvalue weighted by atomic mass is 32.1. The third kappa shape index (κ3) is 2.77. The minimum Gasteiger partial charge on any atom is -0.271 e. The Morgan fingerprint density at radius 3 is 2.80 bits per heavy atom. The molecular weight excluding hydrogens is 266 g/mol. The number of rotatable bonds is 5. The molecule has 0 aliphatic heterocycles. The fraction of sp³-hybridized carbons (Fsp3) is 0.438. The van der Waals surface area contributed by atoms with Crippen molar-refractivity contribution in [3.63, 3.8) is 0 Å². The van der Waals surface area contributed by atoms with Crippen LogP contribution in [0.25, 0.3) is 0 Å². The first-order chi connectivity index (χ1) is 9.78. The standard InChI is InChI=1S/C16H21N3S/c1-11-10-20-16(18-11)9-15(19-17)14-8-3-2-7-13(14)12-5-4-6-12/h2-3,7-8,10,12,15,19H,4-6,9,17H2,1H3. The van der Waals surface area contributed by atoms with Crippen LogP contribution < -0.4 is 11.3 Å². The normalized spacial score (nSPS) is 16.9. The average Bonchev–Trinajstić information content (AvgIpc) is 2.80. The molecule has 3 rings (SSSR count). The van der Waals surface area contributed by atoms with E-state index >= 15 is 0 Å². The first-order valence-electron chi connectivity index (χ1n) is 7.24. The van der Waals surface area contributed by atoms with Gasteiger partial charge in [-0.1, -0.05) is 30.7 Å². The van der Waals surface area contributed by atoms with Crippen LogP contribution in [0.4, 0.5) is 0 Å². The van der Waals surface area contributed by atoms with Gasteiger partial charge in [-0.3, -0.25) is 11.3 Å². The van der Waals surface area contributed by atoms with Crippen LogP contribution in [0.5, 0.6) is 0 Å². The van der Waals surface area contributed by atoms with Crippen LogP contribution in [-0.2, 0) is 6.42 Å². The molecule has 1 fully saturated rings. The van der Waals surface area contributed by atoms with E-state index in [0.717, 1.165) is 23.0 Å². The second-order valence-corrected chi connectivity index (χ2v) is 6.51. The maximum atomic E-state index is 5.81. The van der Waals surface area contributed by atoms with E-state index in [0.29, 0.717) is 0 Å². The van der Waals surface area contributed by atoms with Gasteiger partial charge in [-0.05, 0) is 36.8 Å². The van der Waals surface area contributed by atoms with Crippen molar-refractivity contribution in [1.82, 2.24) is 10.4 Å². The molecule has 3 nitrogen and oxygen atoms in total. The van der Waals surface area contributed by atoms with E-state index in [1.807, 2.05) is 6.92 Å². The van der Waals surface area contributed by atoms with E-state index in [4.69, 9.17) is 5.84 Å². The molecule has 1 aromatic heterocycles. The molecular formula is C16H21N3S. The van der Waals surface area contributed by atoms with E-state index in [-0.39, 0.29) is 6.04 Å². The van der Waals surface area contributed by atoms with Crippen LogP contribution in [0.15, 0.2) is 29.6 Å². The zero-order valence-corrected chi connectivity index (χ0v) is 12.6. The van der Waals surface area contributed by atoms with E-state index in [9.17, 15) is 0 Å². The molecule has 1 aliphatic carbocycles. The molecule has 1 atom stereocenters. The second-order valence-electron chi connectivity index (χ2n) is 5.56. The first-order valence-corrected chi connectivity index (χ1v) is 8.12. The van der Waals surface area contributed by atoms with Gasteiger partial charge in [0.2, 0.25) is 0 Å². The van der Waals surface area contributed by atoms with Crippen LogP contribution in [-0.4, -0.2) is 4.98 Å². The molecule has 4 heteroatoms. The summed E-state index contributed by atoms with van der Waals surface area (Å²) in [4.78, 5) is 4.56. The zero-order valence-electron chi connectivity index (χ0n) is 11.8. The highest BCUT2D eigenvalue weighted by Crippen LogP contribution is 2.39. The van der Waals surface area contributed by atoms with Gasteiger partial charge in [0.15, 0.2) is 0 Å². The number of nitrogens with zero attached hydrogens (tertiary/aromatic N) is 1. The molecule has 20 heavy (non-hydrogen) atoms. The van der Waals surface area contributed by atoms with Crippen molar-refractivity contribution in [2.75, 3.05) is 0 Å². The van der Waals surface area contributed by atoms with Crippen molar-refractivity contribution in [2.45, 2.75) is 44.6 Å². The van der Waals surface area contributed by atoms with Gasteiger partial charge in [0.05, 0.1) is 11.0 Å². The minimum absolute atomic E-state index is 0.150. The van der Waals surface area contributed by atoms with Crippen molar-refractivity contribution >= 4 is 11.3 Å². The Morgan fingerprint density at radius 1 is 1.40 bits per heavy atom. The SMILES string of the molecule is Cc1csc(CC(NN)c2ccccc2C2CCC2)n1. The molecule has 0 saturated heterocycles. The van der Waals surface area contributed by atoms with Crippen LogP contribution in [0.2, 0.25) is 0 Å². The Bertz CT molecular complexity index is 575. The van der Waals surface area contributed by atoms with Gasteiger partial charge in [-0.2, -0.15) is 0 Å². The topological polar surface area (TPSA) is 50.9 Å². The van der Waals surface area contributed by atoms with Crippen molar-refractivity contribution in [2.24, 2.45) is 5.84 Å². The number of nitrogens with two attached hydrogens (primary N) is 1. The van der Waals surface area contributed by atoms with Gasteiger partial charge in [-0.25, -0.2) is 4.98 Å². The lowest BCUT2D eigenvalue weighted by atomic mass is 9.77. The molecule has 1 saturated carbocycles. The number of thiazole rings is 1. The highest BCUT2D eigenvalue weighted by Gasteiger charge is 2.25. The van der Waals surface area contributed by atoms with Gasteiger partial charge >= 0.3 is 0 Å². The van der Waals surface area contributed by atoms with E-state index in [1.54, 1.807) is 11.3 Å². The molecule has 1 heterocycles. The maximum absolute atomic E-state index is 5.81. The Balaban J connectivity index is 1.85. The maximum Gasteiger partial charge on any atom is 0.0947 e. The molecule has 1 aromatic carbocycles. The Labute approximate surface area is 124 Å². The second kappa shape index (κ2) is 6.04. The number of aryl methyl sites for hydroxylation is 1. The summed E-state index contributed by atoms with van der Waals surface area (Å²) in [6, 6.07) is 8.86. The summed E-state index contributed by atoms with van der Waals surface area (Å²) in [5, 5.41) is 3.25. The largest absolute Gasteiger partial charge is 0.271 e. The summed E-state index contributed by atoms with van der Waals surface area (Å²) in [5.41, 5.74) is 6.88. The van der Waals surface area contributed by atoms with E-state index in [2.05, 4.69) is 40.1 Å². The summed E-state index contributed by atoms with van der Waals surface area (Å²) in [6.07, 6.45) is 4.83. The lowest BCUT2D eigenvalue weighted by molar-refractivity contribution is 0.411. The summed E-state index contributed by atoms with van der Waals surface area (Å²) in [7, 11) is 0. The number of hydrogen-bond donors (Lipinski definition) is 2. The Morgan fingerprint density at radius 2 is 2.20 bits per heavy atom. The highest BCUT2D eigenvalue weighted by molar-refractivity contribution is 7.09. The van der Waals surface area contributed by atoms with Crippen molar-refractivity contribution in [1.29, 1.82) is 0 Å². The van der Waals surface area contributed by atoms with Crippen LogP contribution in [0.3, 0.4) is 0 Å². The molecule has 106 valence electrons. The molecule has 0 spiro atoms. The Hall–Kier alpha value is -1.23. The lowest BCUT2D eigenvalue weighted by Crippen LogP contribution is -2.31. The summed E-state index contributed by atoms with van der Waals surface area (Å²) >= 11 is 1.72. The van der Waals surface area contributed by atoms with Crippen molar-refractivity contribution < 1.29 is 0 Å². The molecule has 0 amide bonds. The quantitative estimate of drug-likeness (QED) is 0.654. The van der Waals surface area contributed by atoms with Gasteiger partial charge in [-0.15, -0.1) is 11.3 Å². The number of hydrogen-bond acceptors (Lipinski definition) is 4. The smallest absolute Gasteiger partial charge is 0.0947 e. The van der Waals surface area contributed by atoms with Gasteiger partial charge in [0, 0.05) is 17.5 Å². The monoisotopic (exact) mass is 287 g/mol. The minimum atomic E-state index is 0.150. The Kier molecular flexibility index (Phi) is 4.15. The van der Waals surface area contributed by atoms with Crippen LogP contribution in [0, 0.1) is 6.92 Å². The van der Waals surface area contributed by atoms with Crippen LogP contribution >= 0.6 is 11.3 Å². The average molecular weight is 287 g/mol. The number of benzene rings is 1. The summed E-state index contributed by atoms with van der Waals surface area (Å²) < 4.78 is 0. The molecule has 0 bridgehead atoms. The van der Waals surface area contributed by atoms with E-state index in [1.165, 1.54) is 30.4 Å². The van der Waals surface area contributed by atoms with E-state index < -0.39 is 0 Å². The molecule has 1 unspecified atom stereocenters. The van der Waals surface area contributed by atoms with Gasteiger partial charge in [0.1, 0.15) is 0 Å². The van der Waals surface area contributed by atoms with Gasteiger partial charge in [0.25, 0.3) is 0 Å². The molecule has 2 aromatic rings. The van der Waals surface area contributed by atoms with Crippen LogP contribution in [0.1, 0.15) is 53.1 Å². The molecule has 0 radical (unpaired) electrons. The summed E-state index contributed by atoms with van der Waals surface area (Å²) in [5.74, 6) is 6.54. The number of nitrogens with one attached hydrogen (secondary N) is 1.